The number of carbonyl (C=O) groups is 1. The number of amides is 1. The second kappa shape index (κ2) is 7.72. The van der Waals surface area contributed by atoms with Crippen LogP contribution in [0.3, 0.4) is 0 Å². The van der Waals surface area contributed by atoms with Gasteiger partial charge in [-0.1, -0.05) is 37.6 Å². The Balaban J connectivity index is 2.02. The Bertz CT molecular complexity index is 625. The van der Waals surface area contributed by atoms with Gasteiger partial charge in [0.05, 0.1) is 11.6 Å². The molecule has 0 aliphatic heterocycles. The standard InChI is InChI=1S/C16H19ClN2O2S/c1-10(2)15-14(19-9-22-15)16(20)18-8-13(21-3)11-4-6-12(17)7-5-11/h4-7,9-10,13H,8H2,1-3H3,(H,18,20). The number of nitrogens with zero attached hydrogens (tertiary/aromatic N) is 1. The summed E-state index contributed by atoms with van der Waals surface area (Å²) < 4.78 is 5.45. The fourth-order valence-electron chi connectivity index (χ4n) is 2.12. The lowest BCUT2D eigenvalue weighted by atomic mass is 10.1. The molecule has 1 amide bonds. The van der Waals surface area contributed by atoms with Crippen LogP contribution in [0.15, 0.2) is 29.8 Å². The number of nitrogens with one attached hydrogen (secondary N) is 1. The summed E-state index contributed by atoms with van der Waals surface area (Å²) in [4.78, 5) is 17.5. The van der Waals surface area contributed by atoms with Crippen molar-refractivity contribution in [3.63, 3.8) is 0 Å². The topological polar surface area (TPSA) is 51.2 Å². The molecule has 0 spiro atoms. The highest BCUT2D eigenvalue weighted by Crippen LogP contribution is 2.23. The third-order valence-electron chi connectivity index (χ3n) is 3.31. The van der Waals surface area contributed by atoms with Gasteiger partial charge in [-0.3, -0.25) is 4.79 Å². The number of aromatic nitrogens is 1. The molecule has 118 valence electrons. The minimum Gasteiger partial charge on any atom is -0.375 e. The molecule has 0 bridgehead atoms. The van der Waals surface area contributed by atoms with E-state index in [1.165, 1.54) is 11.3 Å². The van der Waals surface area contributed by atoms with Gasteiger partial charge in [-0.15, -0.1) is 11.3 Å². The molecule has 0 aliphatic rings. The first-order valence-electron chi connectivity index (χ1n) is 7.02. The van der Waals surface area contributed by atoms with Gasteiger partial charge in [0.15, 0.2) is 0 Å². The zero-order chi connectivity index (χ0) is 16.1. The summed E-state index contributed by atoms with van der Waals surface area (Å²) in [7, 11) is 1.62. The Kier molecular flexibility index (Phi) is 5.94. The number of benzene rings is 1. The molecular formula is C16H19ClN2O2S. The van der Waals surface area contributed by atoms with Gasteiger partial charge < -0.3 is 10.1 Å². The third-order valence-corrected chi connectivity index (χ3v) is 4.69. The Labute approximate surface area is 139 Å². The van der Waals surface area contributed by atoms with Crippen LogP contribution in [0.5, 0.6) is 0 Å². The predicted octanol–water partition coefficient (Wildman–Crippen LogP) is 4.04. The highest BCUT2D eigenvalue weighted by molar-refractivity contribution is 7.10. The molecule has 1 unspecified atom stereocenters. The third kappa shape index (κ3) is 4.06. The lowest BCUT2D eigenvalue weighted by Gasteiger charge is -2.16. The minimum absolute atomic E-state index is 0.166. The first kappa shape index (κ1) is 16.9. The van der Waals surface area contributed by atoms with Crippen LogP contribution < -0.4 is 5.32 Å². The molecule has 0 fully saturated rings. The van der Waals surface area contributed by atoms with E-state index >= 15 is 0 Å². The van der Waals surface area contributed by atoms with Gasteiger partial charge in [0.2, 0.25) is 0 Å². The van der Waals surface area contributed by atoms with Crippen LogP contribution >= 0.6 is 22.9 Å². The second-order valence-corrected chi connectivity index (χ2v) is 6.53. The van der Waals surface area contributed by atoms with E-state index < -0.39 is 0 Å². The van der Waals surface area contributed by atoms with E-state index in [9.17, 15) is 4.79 Å². The lowest BCUT2D eigenvalue weighted by Crippen LogP contribution is -2.30. The van der Waals surface area contributed by atoms with Gasteiger partial charge in [-0.2, -0.15) is 0 Å². The molecule has 1 aromatic heterocycles. The van der Waals surface area contributed by atoms with Crippen molar-refractivity contribution in [2.75, 3.05) is 13.7 Å². The summed E-state index contributed by atoms with van der Waals surface area (Å²) in [6, 6.07) is 7.40. The van der Waals surface area contributed by atoms with Crippen molar-refractivity contribution in [3.05, 3.63) is 50.9 Å². The average Bonchev–Trinajstić information content (AvgIpc) is 2.99. The van der Waals surface area contributed by atoms with Crippen LogP contribution in [-0.4, -0.2) is 24.5 Å². The molecule has 0 saturated heterocycles. The fourth-order valence-corrected chi connectivity index (χ4v) is 3.05. The van der Waals surface area contributed by atoms with E-state index in [-0.39, 0.29) is 17.9 Å². The van der Waals surface area contributed by atoms with Crippen LogP contribution in [0.25, 0.3) is 0 Å². The van der Waals surface area contributed by atoms with E-state index in [0.29, 0.717) is 17.3 Å². The number of ether oxygens (including phenoxy) is 1. The van der Waals surface area contributed by atoms with Crippen LogP contribution in [0.4, 0.5) is 0 Å². The van der Waals surface area contributed by atoms with Crippen molar-refractivity contribution in [2.24, 2.45) is 0 Å². The van der Waals surface area contributed by atoms with Gasteiger partial charge in [0.1, 0.15) is 5.69 Å². The normalized spacial score (nSPS) is 12.4. The zero-order valence-corrected chi connectivity index (χ0v) is 14.4. The summed E-state index contributed by atoms with van der Waals surface area (Å²) in [5, 5.41) is 3.56. The maximum absolute atomic E-state index is 12.3. The monoisotopic (exact) mass is 338 g/mol. The SMILES string of the molecule is COC(CNC(=O)c1ncsc1C(C)C)c1ccc(Cl)cc1. The van der Waals surface area contributed by atoms with E-state index in [1.807, 2.05) is 24.3 Å². The van der Waals surface area contributed by atoms with Gasteiger partial charge >= 0.3 is 0 Å². The quantitative estimate of drug-likeness (QED) is 0.864. The van der Waals surface area contributed by atoms with Crippen molar-refractivity contribution in [3.8, 4) is 0 Å². The highest BCUT2D eigenvalue weighted by Gasteiger charge is 2.19. The van der Waals surface area contributed by atoms with Crippen molar-refractivity contribution < 1.29 is 9.53 Å². The molecule has 6 heteroatoms. The van der Waals surface area contributed by atoms with Crippen LogP contribution in [0.1, 0.15) is 46.8 Å². The zero-order valence-electron chi connectivity index (χ0n) is 12.8. The summed E-state index contributed by atoms with van der Waals surface area (Å²) >= 11 is 7.39. The molecule has 1 atom stereocenters. The van der Waals surface area contributed by atoms with E-state index in [0.717, 1.165) is 10.4 Å². The first-order valence-corrected chi connectivity index (χ1v) is 8.28. The van der Waals surface area contributed by atoms with Crippen LogP contribution in [0.2, 0.25) is 5.02 Å². The van der Waals surface area contributed by atoms with Gasteiger partial charge in [-0.05, 0) is 23.6 Å². The fraction of sp³-hybridized carbons (Fsp3) is 0.375. The number of carbonyl (C=O) groups excluding carboxylic acids is 1. The second-order valence-electron chi connectivity index (χ2n) is 5.21. The van der Waals surface area contributed by atoms with Gasteiger partial charge in [-0.25, -0.2) is 4.98 Å². The Morgan fingerprint density at radius 3 is 2.64 bits per heavy atom. The summed E-state index contributed by atoms with van der Waals surface area (Å²) in [5.74, 6) is 0.115. The van der Waals surface area contributed by atoms with Gasteiger partial charge in [0.25, 0.3) is 5.91 Å². The molecule has 4 nitrogen and oxygen atoms in total. The summed E-state index contributed by atoms with van der Waals surface area (Å²) in [5.41, 5.74) is 3.18. The predicted molar refractivity (Wildman–Crippen MR) is 89.7 cm³/mol. The van der Waals surface area contributed by atoms with E-state index in [1.54, 1.807) is 12.6 Å². The Morgan fingerprint density at radius 1 is 1.36 bits per heavy atom. The van der Waals surface area contributed by atoms with E-state index in [2.05, 4.69) is 24.1 Å². The van der Waals surface area contributed by atoms with Crippen molar-refractivity contribution in [2.45, 2.75) is 25.9 Å². The van der Waals surface area contributed by atoms with Crippen molar-refractivity contribution in [1.82, 2.24) is 10.3 Å². The van der Waals surface area contributed by atoms with Crippen LogP contribution in [0, 0.1) is 0 Å². The molecule has 22 heavy (non-hydrogen) atoms. The highest BCUT2D eigenvalue weighted by atomic mass is 35.5. The van der Waals surface area contributed by atoms with Gasteiger partial charge in [0, 0.05) is 23.6 Å². The number of hydrogen-bond acceptors (Lipinski definition) is 4. The molecule has 1 N–H and O–H groups in total. The summed E-state index contributed by atoms with van der Waals surface area (Å²) in [6.07, 6.45) is -0.220. The molecule has 1 heterocycles. The number of halogens is 1. The molecule has 0 radical (unpaired) electrons. The molecule has 1 aromatic carbocycles. The number of methoxy groups -OCH3 is 1. The minimum atomic E-state index is -0.220. The molecule has 2 rings (SSSR count). The van der Waals surface area contributed by atoms with E-state index in [4.69, 9.17) is 16.3 Å². The number of hydrogen-bond donors (Lipinski definition) is 1. The summed E-state index contributed by atoms with van der Waals surface area (Å²) in [6.45, 7) is 4.48. The first-order chi connectivity index (χ1) is 10.5. The van der Waals surface area contributed by atoms with Crippen molar-refractivity contribution >= 4 is 28.8 Å². The molecular weight excluding hydrogens is 320 g/mol. The molecule has 0 aliphatic carbocycles. The smallest absolute Gasteiger partial charge is 0.271 e. The number of thiazole rings is 1. The largest absolute Gasteiger partial charge is 0.375 e. The van der Waals surface area contributed by atoms with Crippen molar-refractivity contribution in [1.29, 1.82) is 0 Å². The lowest BCUT2D eigenvalue weighted by molar-refractivity contribution is 0.0824. The molecule has 2 aromatic rings. The molecule has 0 saturated carbocycles. The Hall–Kier alpha value is -1.43. The number of rotatable bonds is 6. The maximum Gasteiger partial charge on any atom is 0.271 e. The Morgan fingerprint density at radius 2 is 2.05 bits per heavy atom. The maximum atomic E-state index is 12.3. The van der Waals surface area contributed by atoms with Crippen LogP contribution in [-0.2, 0) is 4.74 Å². The average molecular weight is 339 g/mol.